The highest BCUT2D eigenvalue weighted by molar-refractivity contribution is 5.94. The number of benzene rings is 1. The quantitative estimate of drug-likeness (QED) is 0.751. The molecule has 0 saturated heterocycles. The lowest BCUT2D eigenvalue weighted by molar-refractivity contribution is 0.0932. The summed E-state index contributed by atoms with van der Waals surface area (Å²) in [6.45, 7) is 0.696. The van der Waals surface area contributed by atoms with Crippen molar-refractivity contribution >= 4 is 5.91 Å². The maximum atomic E-state index is 13.9. The van der Waals surface area contributed by atoms with E-state index in [-0.39, 0.29) is 23.3 Å². The summed E-state index contributed by atoms with van der Waals surface area (Å²) in [5.74, 6) is 0.982. The van der Waals surface area contributed by atoms with Gasteiger partial charge in [-0.2, -0.15) is 0 Å². The maximum Gasteiger partial charge on any atom is 0.251 e. The zero-order chi connectivity index (χ0) is 19.5. The Kier molecular flexibility index (Phi) is 5.01. The summed E-state index contributed by atoms with van der Waals surface area (Å²) < 4.78 is 20.9. The highest BCUT2D eigenvalue weighted by atomic mass is 19.1. The monoisotopic (exact) mass is 381 g/mol. The van der Waals surface area contributed by atoms with Crippen LogP contribution in [0.2, 0.25) is 0 Å². The van der Waals surface area contributed by atoms with Gasteiger partial charge in [-0.3, -0.25) is 9.78 Å². The topological polar surface area (TPSA) is 81.9 Å². The molecular formula is C20H20FN5O2. The van der Waals surface area contributed by atoms with E-state index < -0.39 is 5.82 Å². The van der Waals surface area contributed by atoms with Crippen LogP contribution in [0, 0.1) is 5.82 Å². The number of carbonyl (C=O) groups excluding carboxylic acids is 1. The minimum absolute atomic E-state index is 0.0235. The zero-order valence-electron chi connectivity index (χ0n) is 15.4. The van der Waals surface area contributed by atoms with Crippen molar-refractivity contribution in [3.05, 3.63) is 59.9 Å². The smallest absolute Gasteiger partial charge is 0.251 e. The molecule has 1 aliphatic rings. The first-order valence-corrected chi connectivity index (χ1v) is 9.12. The van der Waals surface area contributed by atoms with Crippen molar-refractivity contribution in [3.8, 4) is 17.1 Å². The molecule has 0 spiro atoms. The van der Waals surface area contributed by atoms with Crippen molar-refractivity contribution in [2.75, 3.05) is 7.11 Å². The molecule has 2 aromatic heterocycles. The second-order valence-electron chi connectivity index (χ2n) is 6.67. The van der Waals surface area contributed by atoms with E-state index in [0.29, 0.717) is 13.0 Å². The summed E-state index contributed by atoms with van der Waals surface area (Å²) in [6, 6.07) is 8.00. The molecule has 1 aliphatic heterocycles. The lowest BCUT2D eigenvalue weighted by Crippen LogP contribution is -2.35. The summed E-state index contributed by atoms with van der Waals surface area (Å²) in [7, 11) is 1.39. The first-order valence-electron chi connectivity index (χ1n) is 9.12. The van der Waals surface area contributed by atoms with Crippen LogP contribution >= 0.6 is 0 Å². The van der Waals surface area contributed by atoms with Crippen LogP contribution in [0.25, 0.3) is 11.4 Å². The minimum Gasteiger partial charge on any atom is -0.494 e. The van der Waals surface area contributed by atoms with E-state index in [0.717, 1.165) is 30.1 Å². The summed E-state index contributed by atoms with van der Waals surface area (Å²) in [6.07, 6.45) is 5.65. The lowest BCUT2D eigenvalue weighted by Gasteiger charge is -2.16. The fourth-order valence-electron chi connectivity index (χ4n) is 3.42. The van der Waals surface area contributed by atoms with Crippen LogP contribution in [0.1, 0.15) is 29.0 Å². The third-order valence-electron chi connectivity index (χ3n) is 4.93. The van der Waals surface area contributed by atoms with Gasteiger partial charge in [0.25, 0.3) is 5.91 Å². The van der Waals surface area contributed by atoms with Gasteiger partial charge in [-0.1, -0.05) is 0 Å². The normalized spacial score (nSPS) is 16.1. The van der Waals surface area contributed by atoms with Gasteiger partial charge in [0.2, 0.25) is 0 Å². The molecule has 28 heavy (non-hydrogen) atoms. The Morgan fingerprint density at radius 1 is 1.21 bits per heavy atom. The predicted octanol–water partition coefficient (Wildman–Crippen LogP) is 2.62. The number of hydrogen-bond acceptors (Lipinski definition) is 5. The van der Waals surface area contributed by atoms with Gasteiger partial charge in [0, 0.05) is 42.5 Å². The van der Waals surface area contributed by atoms with Crippen LogP contribution < -0.4 is 10.1 Å². The van der Waals surface area contributed by atoms with E-state index in [1.807, 2.05) is 12.1 Å². The fourth-order valence-corrected chi connectivity index (χ4v) is 3.42. The predicted molar refractivity (Wildman–Crippen MR) is 100 cm³/mol. The lowest BCUT2D eigenvalue weighted by atomic mass is 10.1. The average Bonchev–Trinajstić information content (AvgIpc) is 3.03. The third kappa shape index (κ3) is 3.58. The number of rotatable bonds is 4. The second kappa shape index (κ2) is 7.75. The van der Waals surface area contributed by atoms with E-state index in [4.69, 9.17) is 4.74 Å². The number of hydrogen-bond donors (Lipinski definition) is 1. The molecular weight excluding hydrogens is 361 g/mol. The number of halogens is 1. The number of methoxy groups -OCH3 is 1. The molecule has 1 unspecified atom stereocenters. The highest BCUT2D eigenvalue weighted by Gasteiger charge is 2.22. The molecule has 3 aromatic rings. The SMILES string of the molecule is COc1ccc(C(=O)NC2CCc3nnc(-c4ccncc4)n3CC2)cc1F. The molecule has 1 amide bonds. The Hall–Kier alpha value is -3.29. The van der Waals surface area contributed by atoms with E-state index >= 15 is 0 Å². The molecule has 1 N–H and O–H groups in total. The first kappa shape index (κ1) is 18.1. The van der Waals surface area contributed by atoms with E-state index in [2.05, 4.69) is 25.1 Å². The molecule has 0 aliphatic carbocycles. The van der Waals surface area contributed by atoms with Crippen LogP contribution in [0.15, 0.2) is 42.7 Å². The molecule has 4 rings (SSSR count). The van der Waals surface area contributed by atoms with Crippen LogP contribution in [0.5, 0.6) is 5.75 Å². The molecule has 8 heteroatoms. The molecule has 1 atom stereocenters. The largest absolute Gasteiger partial charge is 0.494 e. The molecule has 3 heterocycles. The van der Waals surface area contributed by atoms with Crippen molar-refractivity contribution in [1.82, 2.24) is 25.1 Å². The Morgan fingerprint density at radius 3 is 2.79 bits per heavy atom. The number of ether oxygens (including phenoxy) is 1. The van der Waals surface area contributed by atoms with Crippen LogP contribution in [-0.4, -0.2) is 38.8 Å². The number of amides is 1. The van der Waals surface area contributed by atoms with E-state index in [1.54, 1.807) is 18.5 Å². The standard InChI is InChI=1S/C20H20FN5O2/c1-28-17-4-2-14(12-16(17)21)20(27)23-15-3-5-18-24-25-19(26(18)11-8-15)13-6-9-22-10-7-13/h2,4,6-7,9-10,12,15H,3,5,8,11H2,1H3,(H,23,27). The summed E-state index contributed by atoms with van der Waals surface area (Å²) >= 11 is 0. The van der Waals surface area contributed by atoms with Gasteiger partial charge in [-0.15, -0.1) is 10.2 Å². The number of nitrogens with zero attached hydrogens (tertiary/aromatic N) is 4. The van der Waals surface area contributed by atoms with Crippen molar-refractivity contribution < 1.29 is 13.9 Å². The van der Waals surface area contributed by atoms with Crippen LogP contribution in [0.3, 0.4) is 0 Å². The number of pyridine rings is 1. The van der Waals surface area contributed by atoms with Gasteiger partial charge in [0.05, 0.1) is 7.11 Å². The summed E-state index contributed by atoms with van der Waals surface area (Å²) in [4.78, 5) is 16.6. The Balaban J connectivity index is 1.45. The van der Waals surface area contributed by atoms with E-state index in [9.17, 15) is 9.18 Å². The number of aromatic nitrogens is 4. The molecule has 0 fully saturated rings. The Bertz CT molecular complexity index is 990. The van der Waals surface area contributed by atoms with Crippen molar-refractivity contribution in [2.45, 2.75) is 31.8 Å². The van der Waals surface area contributed by atoms with Crippen molar-refractivity contribution in [1.29, 1.82) is 0 Å². The van der Waals surface area contributed by atoms with Gasteiger partial charge >= 0.3 is 0 Å². The minimum atomic E-state index is -0.552. The highest BCUT2D eigenvalue weighted by Crippen LogP contribution is 2.23. The fraction of sp³-hybridized carbons (Fsp3) is 0.300. The number of aryl methyl sites for hydroxylation is 1. The molecule has 1 aromatic carbocycles. The van der Waals surface area contributed by atoms with E-state index in [1.165, 1.54) is 19.2 Å². The Labute approximate surface area is 161 Å². The van der Waals surface area contributed by atoms with Gasteiger partial charge in [0.1, 0.15) is 5.82 Å². The van der Waals surface area contributed by atoms with Crippen molar-refractivity contribution in [3.63, 3.8) is 0 Å². The van der Waals surface area contributed by atoms with Gasteiger partial charge in [-0.05, 0) is 43.2 Å². The van der Waals surface area contributed by atoms with Crippen LogP contribution in [0.4, 0.5) is 4.39 Å². The molecule has 144 valence electrons. The average molecular weight is 381 g/mol. The number of fused-ring (bicyclic) bond motifs is 1. The molecule has 0 bridgehead atoms. The molecule has 0 saturated carbocycles. The molecule has 0 radical (unpaired) electrons. The number of nitrogens with one attached hydrogen (secondary N) is 1. The van der Waals surface area contributed by atoms with Gasteiger partial charge in [-0.25, -0.2) is 4.39 Å². The third-order valence-corrected chi connectivity index (χ3v) is 4.93. The molecule has 7 nitrogen and oxygen atoms in total. The van der Waals surface area contributed by atoms with Crippen LogP contribution in [-0.2, 0) is 13.0 Å². The first-order chi connectivity index (χ1) is 13.7. The second-order valence-corrected chi connectivity index (χ2v) is 6.67. The summed E-state index contributed by atoms with van der Waals surface area (Å²) in [5, 5.41) is 11.6. The van der Waals surface area contributed by atoms with Crippen molar-refractivity contribution in [2.24, 2.45) is 0 Å². The zero-order valence-corrected chi connectivity index (χ0v) is 15.4. The van der Waals surface area contributed by atoms with Gasteiger partial charge in [0.15, 0.2) is 17.4 Å². The van der Waals surface area contributed by atoms with Gasteiger partial charge < -0.3 is 14.6 Å². The number of carbonyl (C=O) groups is 1. The Morgan fingerprint density at radius 2 is 2.04 bits per heavy atom. The summed E-state index contributed by atoms with van der Waals surface area (Å²) in [5.41, 5.74) is 1.24. The maximum absolute atomic E-state index is 13.9.